The van der Waals surface area contributed by atoms with Gasteiger partial charge in [0, 0.05) is 31.4 Å². The maximum atomic E-state index is 4.08. The number of hydrogen-bond acceptors (Lipinski definition) is 3. The number of anilines is 1. The first kappa shape index (κ1) is 15.9. The maximum Gasteiger partial charge on any atom is 0.0924 e. The molecule has 2 heterocycles. The fourth-order valence-corrected chi connectivity index (χ4v) is 3.47. The van der Waals surface area contributed by atoms with E-state index in [0.717, 1.165) is 25.3 Å². The molecule has 1 saturated heterocycles. The van der Waals surface area contributed by atoms with Gasteiger partial charge in [0.25, 0.3) is 0 Å². The van der Waals surface area contributed by atoms with E-state index in [0.29, 0.717) is 6.04 Å². The summed E-state index contributed by atoms with van der Waals surface area (Å²) in [5.74, 6) is 0. The van der Waals surface area contributed by atoms with Gasteiger partial charge in [-0.1, -0.05) is 42.5 Å². The van der Waals surface area contributed by atoms with Crippen molar-refractivity contribution in [1.82, 2.24) is 14.9 Å². The zero-order valence-corrected chi connectivity index (χ0v) is 14.4. The van der Waals surface area contributed by atoms with Gasteiger partial charge in [0.2, 0.25) is 0 Å². The highest BCUT2D eigenvalue weighted by Crippen LogP contribution is 2.22. The van der Waals surface area contributed by atoms with Crippen LogP contribution >= 0.6 is 0 Å². The fraction of sp³-hybridized carbons (Fsp3) is 0.286. The standard InChI is InChI=1S/C21H24N4/c1-2-4-17(5-3-1)15-25-12-10-20(11-13-25)24-19-8-6-18(7-9-19)21-14-22-16-23-21/h1-9,14,16,20,24H,10-13,15H2,(H,22,23). The Morgan fingerprint density at radius 1 is 1.00 bits per heavy atom. The number of benzene rings is 2. The lowest BCUT2D eigenvalue weighted by atomic mass is 10.0. The summed E-state index contributed by atoms with van der Waals surface area (Å²) in [6, 6.07) is 19.9. The average Bonchev–Trinajstić information content (AvgIpc) is 3.20. The number of H-pyrrole nitrogens is 1. The highest BCUT2D eigenvalue weighted by Gasteiger charge is 2.19. The third-order valence-corrected chi connectivity index (χ3v) is 4.90. The smallest absolute Gasteiger partial charge is 0.0924 e. The molecule has 128 valence electrons. The molecule has 1 aliphatic rings. The molecule has 4 heteroatoms. The first-order valence-corrected chi connectivity index (χ1v) is 8.98. The summed E-state index contributed by atoms with van der Waals surface area (Å²) in [5, 5.41) is 3.69. The number of nitrogens with zero attached hydrogens (tertiary/aromatic N) is 2. The lowest BCUT2D eigenvalue weighted by Gasteiger charge is -2.33. The average molecular weight is 332 g/mol. The van der Waals surface area contributed by atoms with Crippen LogP contribution in [0.1, 0.15) is 18.4 Å². The molecule has 0 aliphatic carbocycles. The van der Waals surface area contributed by atoms with Gasteiger partial charge in [-0.15, -0.1) is 0 Å². The monoisotopic (exact) mass is 332 g/mol. The van der Waals surface area contributed by atoms with Gasteiger partial charge >= 0.3 is 0 Å². The molecular weight excluding hydrogens is 308 g/mol. The molecule has 3 aromatic rings. The van der Waals surface area contributed by atoms with Gasteiger partial charge in [-0.2, -0.15) is 0 Å². The zero-order chi connectivity index (χ0) is 16.9. The Bertz CT molecular complexity index is 757. The van der Waals surface area contributed by atoms with E-state index in [1.165, 1.54) is 29.7 Å². The third-order valence-electron chi connectivity index (χ3n) is 4.90. The van der Waals surface area contributed by atoms with Gasteiger partial charge in [-0.3, -0.25) is 4.90 Å². The van der Waals surface area contributed by atoms with Gasteiger partial charge in [0.05, 0.1) is 18.2 Å². The molecular formula is C21H24N4. The number of piperidine rings is 1. The van der Waals surface area contributed by atoms with E-state index in [2.05, 4.69) is 74.8 Å². The summed E-state index contributed by atoms with van der Waals surface area (Å²) >= 11 is 0. The van der Waals surface area contributed by atoms with Crippen LogP contribution in [0.5, 0.6) is 0 Å². The van der Waals surface area contributed by atoms with Crippen molar-refractivity contribution in [3.63, 3.8) is 0 Å². The summed E-state index contributed by atoms with van der Waals surface area (Å²) < 4.78 is 0. The Morgan fingerprint density at radius 2 is 1.76 bits per heavy atom. The number of aromatic amines is 1. The van der Waals surface area contributed by atoms with Crippen molar-refractivity contribution in [2.24, 2.45) is 0 Å². The van der Waals surface area contributed by atoms with E-state index in [1.54, 1.807) is 6.33 Å². The quantitative estimate of drug-likeness (QED) is 0.737. The van der Waals surface area contributed by atoms with E-state index in [-0.39, 0.29) is 0 Å². The molecule has 1 aromatic heterocycles. The molecule has 0 radical (unpaired) electrons. The fourth-order valence-electron chi connectivity index (χ4n) is 3.47. The number of nitrogens with one attached hydrogen (secondary N) is 2. The Labute approximate surface area is 148 Å². The molecule has 2 aromatic carbocycles. The minimum absolute atomic E-state index is 0.560. The van der Waals surface area contributed by atoms with Crippen LogP contribution in [0.2, 0.25) is 0 Å². The van der Waals surface area contributed by atoms with E-state index in [9.17, 15) is 0 Å². The third kappa shape index (κ3) is 4.09. The molecule has 0 bridgehead atoms. The van der Waals surface area contributed by atoms with Crippen molar-refractivity contribution < 1.29 is 0 Å². The summed E-state index contributed by atoms with van der Waals surface area (Å²) in [7, 11) is 0. The van der Waals surface area contributed by atoms with Gasteiger partial charge < -0.3 is 10.3 Å². The van der Waals surface area contributed by atoms with Crippen molar-refractivity contribution >= 4 is 5.69 Å². The molecule has 0 atom stereocenters. The van der Waals surface area contributed by atoms with Crippen LogP contribution in [0.4, 0.5) is 5.69 Å². The Kier molecular flexibility index (Phi) is 4.79. The summed E-state index contributed by atoms with van der Waals surface area (Å²) in [4.78, 5) is 9.77. The summed E-state index contributed by atoms with van der Waals surface area (Å²) in [6.45, 7) is 3.37. The molecule has 1 fully saturated rings. The molecule has 0 unspecified atom stereocenters. The second-order valence-corrected chi connectivity index (χ2v) is 6.72. The van der Waals surface area contributed by atoms with E-state index in [4.69, 9.17) is 0 Å². The highest BCUT2D eigenvalue weighted by molar-refractivity contribution is 5.62. The normalized spacial score (nSPS) is 16.0. The second kappa shape index (κ2) is 7.53. The topological polar surface area (TPSA) is 44.0 Å². The van der Waals surface area contributed by atoms with Crippen molar-refractivity contribution in [3.05, 3.63) is 72.7 Å². The van der Waals surface area contributed by atoms with Gasteiger partial charge in [-0.25, -0.2) is 4.98 Å². The molecule has 4 rings (SSSR count). The lowest BCUT2D eigenvalue weighted by Crippen LogP contribution is -2.38. The van der Waals surface area contributed by atoms with Crippen LogP contribution in [-0.4, -0.2) is 34.0 Å². The first-order valence-electron chi connectivity index (χ1n) is 8.98. The van der Waals surface area contributed by atoms with Crippen molar-refractivity contribution in [2.75, 3.05) is 18.4 Å². The number of hydrogen-bond donors (Lipinski definition) is 2. The number of imidazole rings is 1. The van der Waals surface area contributed by atoms with Crippen LogP contribution in [-0.2, 0) is 6.54 Å². The van der Waals surface area contributed by atoms with E-state index in [1.807, 2.05) is 6.20 Å². The molecule has 25 heavy (non-hydrogen) atoms. The van der Waals surface area contributed by atoms with Crippen molar-refractivity contribution in [2.45, 2.75) is 25.4 Å². The largest absolute Gasteiger partial charge is 0.382 e. The van der Waals surface area contributed by atoms with Crippen LogP contribution in [0.15, 0.2) is 67.1 Å². The lowest BCUT2D eigenvalue weighted by molar-refractivity contribution is 0.211. The molecule has 2 N–H and O–H groups in total. The van der Waals surface area contributed by atoms with E-state index < -0.39 is 0 Å². The Hall–Kier alpha value is -2.59. The van der Waals surface area contributed by atoms with Gasteiger partial charge in [-0.05, 0) is 36.1 Å². The molecule has 4 nitrogen and oxygen atoms in total. The summed E-state index contributed by atoms with van der Waals surface area (Å²) in [5.41, 5.74) is 4.83. The predicted octanol–water partition coefficient (Wildman–Crippen LogP) is 4.15. The van der Waals surface area contributed by atoms with Crippen molar-refractivity contribution in [1.29, 1.82) is 0 Å². The molecule has 0 amide bonds. The molecule has 0 saturated carbocycles. The number of rotatable bonds is 5. The van der Waals surface area contributed by atoms with E-state index >= 15 is 0 Å². The predicted molar refractivity (Wildman–Crippen MR) is 102 cm³/mol. The first-order chi connectivity index (χ1) is 12.4. The minimum atomic E-state index is 0.560. The van der Waals surface area contributed by atoms with Crippen LogP contribution in [0.3, 0.4) is 0 Å². The van der Waals surface area contributed by atoms with Gasteiger partial charge in [0.1, 0.15) is 0 Å². The Balaban J connectivity index is 1.28. The SMILES string of the molecule is c1ccc(CN2CCC(Nc3ccc(-c4cnc[nH]4)cc3)CC2)cc1. The van der Waals surface area contributed by atoms with Crippen LogP contribution in [0, 0.1) is 0 Å². The maximum absolute atomic E-state index is 4.08. The second-order valence-electron chi connectivity index (χ2n) is 6.72. The Morgan fingerprint density at radius 3 is 2.44 bits per heavy atom. The molecule has 1 aliphatic heterocycles. The van der Waals surface area contributed by atoms with Crippen molar-refractivity contribution in [3.8, 4) is 11.3 Å². The number of aromatic nitrogens is 2. The minimum Gasteiger partial charge on any atom is -0.382 e. The van der Waals surface area contributed by atoms with Crippen LogP contribution < -0.4 is 5.32 Å². The number of likely N-dealkylation sites (tertiary alicyclic amines) is 1. The van der Waals surface area contributed by atoms with Gasteiger partial charge in [0.15, 0.2) is 0 Å². The molecule has 0 spiro atoms. The van der Waals surface area contributed by atoms with Crippen LogP contribution in [0.25, 0.3) is 11.3 Å². The summed E-state index contributed by atoms with van der Waals surface area (Å²) in [6.07, 6.45) is 5.94. The zero-order valence-electron chi connectivity index (χ0n) is 14.4. The highest BCUT2D eigenvalue weighted by atomic mass is 15.1.